The number of ether oxygens (including phenoxy) is 2. The summed E-state index contributed by atoms with van der Waals surface area (Å²) in [7, 11) is 0. The number of halogens is 2. The molecule has 0 heterocycles. The fraction of sp³-hybridized carbons (Fsp3) is 0.333. The maximum atomic E-state index is 12.9. The zero-order valence-corrected chi connectivity index (χ0v) is 15.5. The number of benzene rings is 2. The zero-order valence-electron chi connectivity index (χ0n) is 13.4. The van der Waals surface area contributed by atoms with Crippen LogP contribution in [0, 0.1) is 9.39 Å². The van der Waals surface area contributed by atoms with Gasteiger partial charge in [0.2, 0.25) is 0 Å². The lowest BCUT2D eigenvalue weighted by molar-refractivity contribution is 0.275. The Bertz CT molecular complexity index is 632. The van der Waals surface area contributed by atoms with E-state index < -0.39 is 0 Å². The number of hydrogen-bond donors (Lipinski definition) is 1. The molecule has 0 fully saturated rings. The molecule has 0 saturated carbocycles. The molecule has 2 rings (SSSR count). The van der Waals surface area contributed by atoms with E-state index in [-0.39, 0.29) is 5.82 Å². The molecule has 0 bridgehead atoms. The largest absolute Gasteiger partial charge is 0.490 e. The predicted octanol–water partition coefficient (Wildman–Crippen LogP) is 5.23. The molecular formula is C18H21FINO2. The topological polar surface area (TPSA) is 30.5 Å². The second kappa shape index (κ2) is 8.96. The highest BCUT2D eigenvalue weighted by molar-refractivity contribution is 14.1. The van der Waals surface area contributed by atoms with Gasteiger partial charge in [-0.05, 0) is 77.9 Å². The maximum Gasteiger partial charge on any atom is 0.174 e. The molecule has 0 aliphatic rings. The Balaban J connectivity index is 2.13. The minimum Gasteiger partial charge on any atom is -0.490 e. The average molecular weight is 429 g/mol. The van der Waals surface area contributed by atoms with E-state index in [1.807, 2.05) is 13.0 Å². The first-order chi connectivity index (χ1) is 11.1. The predicted molar refractivity (Wildman–Crippen MR) is 99.8 cm³/mol. The van der Waals surface area contributed by atoms with Gasteiger partial charge in [-0.25, -0.2) is 4.39 Å². The first kappa shape index (κ1) is 17.8. The first-order valence-corrected chi connectivity index (χ1v) is 8.79. The van der Waals surface area contributed by atoms with E-state index in [0.29, 0.717) is 19.8 Å². The molecule has 0 unspecified atom stereocenters. The Morgan fingerprint density at radius 1 is 1.09 bits per heavy atom. The van der Waals surface area contributed by atoms with E-state index in [1.54, 1.807) is 12.1 Å². The van der Waals surface area contributed by atoms with Crippen LogP contribution < -0.4 is 14.8 Å². The van der Waals surface area contributed by atoms with Crippen LogP contribution in [0.3, 0.4) is 0 Å². The minimum atomic E-state index is -0.235. The van der Waals surface area contributed by atoms with Crippen molar-refractivity contribution in [2.24, 2.45) is 0 Å². The Morgan fingerprint density at radius 3 is 2.48 bits per heavy atom. The normalized spacial score (nSPS) is 10.4. The molecule has 5 heteroatoms. The van der Waals surface area contributed by atoms with Crippen LogP contribution >= 0.6 is 22.6 Å². The fourth-order valence-electron chi connectivity index (χ4n) is 2.10. The van der Waals surface area contributed by atoms with E-state index in [4.69, 9.17) is 9.47 Å². The molecule has 2 aromatic carbocycles. The summed E-state index contributed by atoms with van der Waals surface area (Å²) in [6.07, 6.45) is 0.954. The van der Waals surface area contributed by atoms with Crippen molar-refractivity contribution in [1.29, 1.82) is 0 Å². The number of hydrogen-bond acceptors (Lipinski definition) is 3. The molecule has 0 aromatic heterocycles. The van der Waals surface area contributed by atoms with E-state index in [2.05, 4.69) is 40.9 Å². The van der Waals surface area contributed by atoms with Gasteiger partial charge in [0.15, 0.2) is 11.5 Å². The lowest BCUT2D eigenvalue weighted by Gasteiger charge is -2.15. The first-order valence-electron chi connectivity index (χ1n) is 7.71. The smallest absolute Gasteiger partial charge is 0.174 e. The summed E-state index contributed by atoms with van der Waals surface area (Å²) < 4.78 is 25.5. The lowest BCUT2D eigenvalue weighted by atomic mass is 10.2. The lowest BCUT2D eigenvalue weighted by Crippen LogP contribution is -2.05. The summed E-state index contributed by atoms with van der Waals surface area (Å²) in [4.78, 5) is 0. The summed E-state index contributed by atoms with van der Waals surface area (Å²) in [5.74, 6) is 1.34. The Hall–Kier alpha value is -1.50. The quantitative estimate of drug-likeness (QED) is 0.583. The SMILES string of the molecule is CCCOc1c(I)cc(CNc2ccc(F)cc2)cc1OCC. The monoisotopic (exact) mass is 429 g/mol. The number of rotatable bonds is 8. The standard InChI is InChI=1S/C18H21FINO2/c1-3-9-23-18-16(20)10-13(11-17(18)22-4-2)12-21-15-7-5-14(19)6-8-15/h5-8,10-11,21H,3-4,9,12H2,1-2H3. The number of nitrogens with one attached hydrogen (secondary N) is 1. The molecule has 0 saturated heterocycles. The Morgan fingerprint density at radius 2 is 1.83 bits per heavy atom. The number of anilines is 1. The van der Waals surface area contributed by atoms with Crippen molar-refractivity contribution in [2.45, 2.75) is 26.8 Å². The van der Waals surface area contributed by atoms with Gasteiger partial charge in [-0.1, -0.05) is 6.92 Å². The molecular weight excluding hydrogens is 408 g/mol. The molecule has 0 aliphatic carbocycles. The zero-order chi connectivity index (χ0) is 16.7. The van der Waals surface area contributed by atoms with Gasteiger partial charge in [0.25, 0.3) is 0 Å². The summed E-state index contributed by atoms with van der Waals surface area (Å²) in [6.45, 7) is 5.93. The maximum absolute atomic E-state index is 12.9. The van der Waals surface area contributed by atoms with E-state index in [9.17, 15) is 4.39 Å². The van der Waals surface area contributed by atoms with Crippen molar-refractivity contribution in [2.75, 3.05) is 18.5 Å². The van der Waals surface area contributed by atoms with Gasteiger partial charge in [-0.3, -0.25) is 0 Å². The van der Waals surface area contributed by atoms with Gasteiger partial charge in [-0.15, -0.1) is 0 Å². The highest BCUT2D eigenvalue weighted by Crippen LogP contribution is 2.34. The van der Waals surface area contributed by atoms with Gasteiger partial charge in [0, 0.05) is 12.2 Å². The molecule has 0 amide bonds. The molecule has 0 radical (unpaired) electrons. The average Bonchev–Trinajstić information content (AvgIpc) is 2.54. The summed E-state index contributed by atoms with van der Waals surface area (Å²) in [6, 6.07) is 10.4. The molecule has 0 aliphatic heterocycles. The highest BCUT2D eigenvalue weighted by atomic mass is 127. The van der Waals surface area contributed by atoms with Gasteiger partial charge < -0.3 is 14.8 Å². The van der Waals surface area contributed by atoms with Crippen molar-refractivity contribution in [3.63, 3.8) is 0 Å². The Kier molecular flexibility index (Phi) is 6.95. The summed E-state index contributed by atoms with van der Waals surface area (Å²) in [5.41, 5.74) is 1.97. The van der Waals surface area contributed by atoms with E-state index in [0.717, 1.165) is 32.7 Å². The molecule has 124 valence electrons. The van der Waals surface area contributed by atoms with Gasteiger partial charge in [-0.2, -0.15) is 0 Å². The molecule has 0 spiro atoms. The summed E-state index contributed by atoms with van der Waals surface area (Å²) >= 11 is 2.27. The fourth-order valence-corrected chi connectivity index (χ4v) is 2.92. The van der Waals surface area contributed by atoms with Crippen LogP contribution in [-0.4, -0.2) is 13.2 Å². The molecule has 23 heavy (non-hydrogen) atoms. The van der Waals surface area contributed by atoms with Crippen LogP contribution in [0.4, 0.5) is 10.1 Å². The highest BCUT2D eigenvalue weighted by Gasteiger charge is 2.12. The van der Waals surface area contributed by atoms with Gasteiger partial charge in [0.05, 0.1) is 16.8 Å². The third kappa shape index (κ3) is 5.27. The van der Waals surface area contributed by atoms with Crippen molar-refractivity contribution in [3.05, 3.63) is 51.3 Å². The second-order valence-electron chi connectivity index (χ2n) is 5.05. The van der Waals surface area contributed by atoms with Crippen molar-refractivity contribution in [1.82, 2.24) is 0 Å². The second-order valence-corrected chi connectivity index (χ2v) is 6.21. The van der Waals surface area contributed by atoms with Gasteiger partial charge >= 0.3 is 0 Å². The Labute approximate surface area is 150 Å². The molecule has 1 N–H and O–H groups in total. The van der Waals surface area contributed by atoms with Crippen LogP contribution in [-0.2, 0) is 6.54 Å². The van der Waals surface area contributed by atoms with Crippen molar-refractivity contribution in [3.8, 4) is 11.5 Å². The van der Waals surface area contributed by atoms with E-state index >= 15 is 0 Å². The van der Waals surface area contributed by atoms with Crippen LogP contribution in [0.25, 0.3) is 0 Å². The third-order valence-corrected chi connectivity index (χ3v) is 3.96. The van der Waals surface area contributed by atoms with Crippen molar-refractivity contribution < 1.29 is 13.9 Å². The molecule has 3 nitrogen and oxygen atoms in total. The third-order valence-electron chi connectivity index (χ3n) is 3.16. The van der Waals surface area contributed by atoms with Gasteiger partial charge in [0.1, 0.15) is 5.82 Å². The van der Waals surface area contributed by atoms with Crippen LogP contribution in [0.5, 0.6) is 11.5 Å². The molecule has 2 aromatic rings. The summed E-state index contributed by atoms with van der Waals surface area (Å²) in [5, 5.41) is 3.28. The van der Waals surface area contributed by atoms with Crippen LogP contribution in [0.2, 0.25) is 0 Å². The van der Waals surface area contributed by atoms with Crippen LogP contribution in [0.1, 0.15) is 25.8 Å². The van der Waals surface area contributed by atoms with Crippen molar-refractivity contribution >= 4 is 28.3 Å². The minimum absolute atomic E-state index is 0.235. The van der Waals surface area contributed by atoms with Crippen LogP contribution in [0.15, 0.2) is 36.4 Å². The molecule has 0 atom stereocenters. The van der Waals surface area contributed by atoms with E-state index in [1.165, 1.54) is 12.1 Å².